The lowest BCUT2D eigenvalue weighted by Crippen LogP contribution is -2.18. The van der Waals surface area contributed by atoms with Crippen molar-refractivity contribution < 1.29 is 9.47 Å². The Bertz CT molecular complexity index is 317. The van der Waals surface area contributed by atoms with Gasteiger partial charge in [0.25, 0.3) is 0 Å². The predicted molar refractivity (Wildman–Crippen MR) is 61.5 cm³/mol. The van der Waals surface area contributed by atoms with E-state index in [9.17, 15) is 0 Å². The smallest absolute Gasteiger partial charge is 0.103 e. The molecule has 0 aliphatic rings. The van der Waals surface area contributed by atoms with Crippen molar-refractivity contribution in [2.24, 2.45) is 0 Å². The molecule has 1 unspecified atom stereocenters. The van der Waals surface area contributed by atoms with Gasteiger partial charge in [-0.05, 0) is 6.42 Å². The van der Waals surface area contributed by atoms with Crippen molar-refractivity contribution in [1.29, 1.82) is 0 Å². The summed E-state index contributed by atoms with van der Waals surface area (Å²) in [7, 11) is 3.32. The fourth-order valence-corrected chi connectivity index (χ4v) is 1.79. The van der Waals surface area contributed by atoms with Crippen LogP contribution in [0.4, 0.5) is 0 Å². The van der Waals surface area contributed by atoms with Crippen LogP contribution in [-0.2, 0) is 22.0 Å². The maximum Gasteiger partial charge on any atom is 0.103 e. The molecule has 0 saturated carbocycles. The van der Waals surface area contributed by atoms with Gasteiger partial charge in [-0.25, -0.2) is 4.68 Å². The summed E-state index contributed by atoms with van der Waals surface area (Å²) in [6.07, 6.45) is 0.926. The van der Waals surface area contributed by atoms with Crippen LogP contribution >= 0.6 is 11.6 Å². The Balaban J connectivity index is 2.96. The summed E-state index contributed by atoms with van der Waals surface area (Å²) in [6.45, 7) is 3.16. The van der Waals surface area contributed by atoms with Crippen LogP contribution in [0.2, 0.25) is 0 Å². The van der Waals surface area contributed by atoms with E-state index in [-0.39, 0.29) is 6.04 Å². The lowest BCUT2D eigenvalue weighted by Gasteiger charge is -2.16. The fraction of sp³-hybridized carbons (Fsp3) is 0.800. The van der Waals surface area contributed by atoms with Crippen molar-refractivity contribution in [2.75, 3.05) is 20.8 Å². The molecule has 1 aromatic heterocycles. The van der Waals surface area contributed by atoms with Crippen LogP contribution in [0.1, 0.15) is 30.8 Å². The Hall–Kier alpha value is -0.650. The Morgan fingerprint density at radius 2 is 2.12 bits per heavy atom. The normalized spacial score (nSPS) is 13.0. The number of rotatable bonds is 7. The predicted octanol–water partition coefficient (Wildman–Crippen LogP) is 1.76. The number of hydrogen-bond acceptors (Lipinski definition) is 4. The zero-order valence-electron chi connectivity index (χ0n) is 9.94. The highest BCUT2D eigenvalue weighted by molar-refractivity contribution is 6.16. The monoisotopic (exact) mass is 247 g/mol. The van der Waals surface area contributed by atoms with E-state index in [0.717, 1.165) is 17.8 Å². The molecule has 0 spiro atoms. The van der Waals surface area contributed by atoms with Crippen LogP contribution in [0.3, 0.4) is 0 Å². The summed E-state index contributed by atoms with van der Waals surface area (Å²) in [5.41, 5.74) is 1.71. The number of methoxy groups -OCH3 is 2. The minimum atomic E-state index is 0.180. The molecule has 0 saturated heterocycles. The quantitative estimate of drug-likeness (QED) is 0.689. The third-order valence-electron chi connectivity index (χ3n) is 2.46. The minimum absolute atomic E-state index is 0.180. The van der Waals surface area contributed by atoms with E-state index in [4.69, 9.17) is 21.1 Å². The van der Waals surface area contributed by atoms with Gasteiger partial charge < -0.3 is 9.47 Å². The molecule has 1 heterocycles. The third kappa shape index (κ3) is 2.93. The molecule has 0 radical (unpaired) electrons. The molecule has 1 atom stereocenters. The van der Waals surface area contributed by atoms with E-state index in [2.05, 4.69) is 17.2 Å². The molecule has 0 aromatic carbocycles. The van der Waals surface area contributed by atoms with Gasteiger partial charge in [0.1, 0.15) is 5.69 Å². The Labute approximate surface area is 101 Å². The molecule has 16 heavy (non-hydrogen) atoms. The number of halogens is 1. The van der Waals surface area contributed by atoms with E-state index in [1.54, 1.807) is 14.2 Å². The third-order valence-corrected chi connectivity index (χ3v) is 2.71. The Morgan fingerprint density at radius 3 is 2.62 bits per heavy atom. The molecule has 6 heteroatoms. The summed E-state index contributed by atoms with van der Waals surface area (Å²) < 4.78 is 12.2. The molecular weight excluding hydrogens is 230 g/mol. The van der Waals surface area contributed by atoms with Gasteiger partial charge in [-0.15, -0.1) is 16.7 Å². The second kappa shape index (κ2) is 6.83. The SMILES string of the molecule is CCC(COC)n1nnc(CCl)c1COC. The highest BCUT2D eigenvalue weighted by Crippen LogP contribution is 2.17. The maximum atomic E-state index is 5.80. The molecular formula is C10H18ClN3O2. The minimum Gasteiger partial charge on any atom is -0.382 e. The highest BCUT2D eigenvalue weighted by Gasteiger charge is 2.18. The van der Waals surface area contributed by atoms with Gasteiger partial charge in [0.15, 0.2) is 0 Å². The number of hydrogen-bond donors (Lipinski definition) is 0. The van der Waals surface area contributed by atoms with Gasteiger partial charge >= 0.3 is 0 Å². The summed E-state index contributed by atoms with van der Waals surface area (Å²) in [6, 6.07) is 0.180. The molecule has 1 rings (SSSR count). The van der Waals surface area contributed by atoms with Crippen molar-refractivity contribution in [1.82, 2.24) is 15.0 Å². The highest BCUT2D eigenvalue weighted by atomic mass is 35.5. The summed E-state index contributed by atoms with van der Waals surface area (Å²) in [4.78, 5) is 0. The van der Waals surface area contributed by atoms with E-state index in [1.807, 2.05) is 4.68 Å². The lowest BCUT2D eigenvalue weighted by atomic mass is 10.2. The van der Waals surface area contributed by atoms with Gasteiger partial charge in [-0.3, -0.25) is 0 Å². The van der Waals surface area contributed by atoms with Crippen molar-refractivity contribution in [3.8, 4) is 0 Å². The second-order valence-electron chi connectivity index (χ2n) is 3.51. The fourth-order valence-electron chi connectivity index (χ4n) is 1.58. The topological polar surface area (TPSA) is 49.2 Å². The van der Waals surface area contributed by atoms with Crippen molar-refractivity contribution in [3.63, 3.8) is 0 Å². The van der Waals surface area contributed by atoms with Crippen molar-refractivity contribution >= 4 is 11.6 Å². The van der Waals surface area contributed by atoms with Gasteiger partial charge in [0.2, 0.25) is 0 Å². The van der Waals surface area contributed by atoms with E-state index >= 15 is 0 Å². The maximum absolute atomic E-state index is 5.80. The molecule has 0 bridgehead atoms. The van der Waals surface area contributed by atoms with Crippen LogP contribution in [0.25, 0.3) is 0 Å². The average molecular weight is 248 g/mol. The average Bonchev–Trinajstić information content (AvgIpc) is 2.69. The molecule has 92 valence electrons. The number of alkyl halides is 1. The van der Waals surface area contributed by atoms with Gasteiger partial charge in [0.05, 0.1) is 30.8 Å². The standard InChI is InChI=1S/C10H18ClN3O2/c1-4-8(6-15-2)14-10(7-16-3)9(5-11)12-13-14/h8H,4-7H2,1-3H3. The first kappa shape index (κ1) is 13.4. The summed E-state index contributed by atoms with van der Waals surface area (Å²) in [5, 5.41) is 8.17. The van der Waals surface area contributed by atoms with E-state index in [1.165, 1.54) is 0 Å². The molecule has 0 N–H and O–H groups in total. The molecule has 1 aromatic rings. The Kier molecular flexibility index (Phi) is 5.73. The summed E-state index contributed by atoms with van der Waals surface area (Å²) in [5.74, 6) is 0.349. The first-order valence-electron chi connectivity index (χ1n) is 5.25. The second-order valence-corrected chi connectivity index (χ2v) is 3.78. The zero-order valence-corrected chi connectivity index (χ0v) is 10.7. The number of nitrogens with zero attached hydrogens (tertiary/aromatic N) is 3. The van der Waals surface area contributed by atoms with Crippen LogP contribution < -0.4 is 0 Å². The van der Waals surface area contributed by atoms with Gasteiger partial charge in [-0.2, -0.15) is 0 Å². The zero-order chi connectivity index (χ0) is 12.0. The van der Waals surface area contributed by atoms with Gasteiger partial charge in [0, 0.05) is 14.2 Å². The van der Waals surface area contributed by atoms with Gasteiger partial charge in [-0.1, -0.05) is 12.1 Å². The van der Waals surface area contributed by atoms with Crippen molar-refractivity contribution in [2.45, 2.75) is 31.9 Å². The first-order valence-corrected chi connectivity index (χ1v) is 5.78. The van der Waals surface area contributed by atoms with Crippen LogP contribution in [0.5, 0.6) is 0 Å². The van der Waals surface area contributed by atoms with Crippen LogP contribution in [-0.4, -0.2) is 35.8 Å². The van der Waals surface area contributed by atoms with E-state index in [0.29, 0.717) is 19.1 Å². The molecule has 0 amide bonds. The van der Waals surface area contributed by atoms with E-state index < -0.39 is 0 Å². The Morgan fingerprint density at radius 1 is 1.38 bits per heavy atom. The van der Waals surface area contributed by atoms with Crippen LogP contribution in [0, 0.1) is 0 Å². The molecule has 0 fully saturated rings. The summed E-state index contributed by atoms with van der Waals surface area (Å²) >= 11 is 5.80. The number of aromatic nitrogens is 3. The largest absolute Gasteiger partial charge is 0.382 e. The first-order chi connectivity index (χ1) is 7.78. The molecule has 5 nitrogen and oxygen atoms in total. The lowest BCUT2D eigenvalue weighted by molar-refractivity contribution is 0.133. The number of ether oxygens (including phenoxy) is 2. The molecule has 0 aliphatic heterocycles. The van der Waals surface area contributed by atoms with Crippen molar-refractivity contribution in [3.05, 3.63) is 11.4 Å². The molecule has 0 aliphatic carbocycles. The van der Waals surface area contributed by atoms with Crippen LogP contribution in [0.15, 0.2) is 0 Å².